The van der Waals surface area contributed by atoms with Crippen LogP contribution in [0, 0.1) is 0 Å². The lowest BCUT2D eigenvalue weighted by atomic mass is 10.3. The van der Waals surface area contributed by atoms with Crippen LogP contribution in [0.4, 0.5) is 0 Å². The molecule has 0 heterocycles. The first-order chi connectivity index (χ1) is 8.56. The van der Waals surface area contributed by atoms with Gasteiger partial charge in [0.05, 0.1) is 6.61 Å². The van der Waals surface area contributed by atoms with Crippen molar-refractivity contribution in [3.05, 3.63) is 24.4 Å². The van der Waals surface area contributed by atoms with Crippen molar-refractivity contribution in [1.82, 2.24) is 5.32 Å². The van der Waals surface area contributed by atoms with E-state index in [4.69, 9.17) is 4.74 Å². The van der Waals surface area contributed by atoms with Crippen LogP contribution in [-0.2, 0) is 4.74 Å². The van der Waals surface area contributed by atoms with E-state index < -0.39 is 5.79 Å². The quantitative estimate of drug-likeness (QED) is 0.257. The van der Waals surface area contributed by atoms with E-state index in [1.807, 2.05) is 12.2 Å². The van der Waals surface area contributed by atoms with Crippen molar-refractivity contribution in [3.63, 3.8) is 0 Å². The molecule has 0 unspecified atom stereocenters. The van der Waals surface area contributed by atoms with Crippen LogP contribution in [0.15, 0.2) is 29.4 Å². The van der Waals surface area contributed by atoms with Crippen molar-refractivity contribution in [2.75, 3.05) is 19.7 Å². The van der Waals surface area contributed by atoms with Gasteiger partial charge in [0.1, 0.15) is 0 Å². The Morgan fingerprint density at radius 1 is 1.28 bits per heavy atom. The van der Waals surface area contributed by atoms with Gasteiger partial charge in [-0.05, 0) is 59.0 Å². The number of rotatable bonds is 11. The van der Waals surface area contributed by atoms with E-state index in [1.165, 1.54) is 0 Å². The maximum Gasteiger partial charge on any atom is 0.159 e. The number of nitrogens with zero attached hydrogens (tertiary/aromatic N) is 1. The largest absolute Gasteiger partial charge is 0.366 e. The first-order valence-electron chi connectivity index (χ1n) is 6.41. The predicted octanol–water partition coefficient (Wildman–Crippen LogP) is 2.26. The third-order valence-electron chi connectivity index (χ3n) is 2.12. The Labute approximate surface area is 110 Å². The minimum Gasteiger partial charge on any atom is -0.366 e. The van der Waals surface area contributed by atoms with Crippen molar-refractivity contribution >= 4 is 6.72 Å². The van der Waals surface area contributed by atoms with Crippen molar-refractivity contribution in [1.29, 1.82) is 0 Å². The van der Waals surface area contributed by atoms with Gasteiger partial charge in [-0.2, -0.15) is 0 Å². The smallest absolute Gasteiger partial charge is 0.159 e. The summed E-state index contributed by atoms with van der Waals surface area (Å²) >= 11 is 0. The Bertz CT molecular complexity index is 255. The fourth-order valence-corrected chi connectivity index (χ4v) is 1.27. The number of aliphatic hydroxyl groups is 1. The molecule has 0 aliphatic rings. The molecule has 0 atom stereocenters. The summed E-state index contributed by atoms with van der Waals surface area (Å²) < 4.78 is 5.19. The molecule has 0 amide bonds. The average Bonchev–Trinajstić information content (AvgIpc) is 2.29. The van der Waals surface area contributed by atoms with Crippen molar-refractivity contribution in [2.24, 2.45) is 4.99 Å². The van der Waals surface area contributed by atoms with Crippen LogP contribution < -0.4 is 5.32 Å². The molecule has 4 nitrogen and oxygen atoms in total. The number of aliphatic imine (C=N–C) groups is 1. The SMILES string of the molecule is C=N/C=C\C=C/CCCNCCCOC(C)(C)O. The molecule has 0 aliphatic carbocycles. The third-order valence-corrected chi connectivity index (χ3v) is 2.12. The van der Waals surface area contributed by atoms with Gasteiger partial charge >= 0.3 is 0 Å². The van der Waals surface area contributed by atoms with E-state index in [0.717, 1.165) is 32.4 Å². The molecule has 0 saturated carbocycles. The zero-order valence-electron chi connectivity index (χ0n) is 11.6. The van der Waals surface area contributed by atoms with Crippen LogP contribution in [-0.4, -0.2) is 37.3 Å². The van der Waals surface area contributed by atoms with Gasteiger partial charge < -0.3 is 15.2 Å². The van der Waals surface area contributed by atoms with Crippen molar-refractivity contribution < 1.29 is 9.84 Å². The van der Waals surface area contributed by atoms with E-state index in [0.29, 0.717) is 6.61 Å². The number of allylic oxidation sites excluding steroid dienone is 3. The van der Waals surface area contributed by atoms with Gasteiger partial charge in [-0.3, -0.25) is 4.99 Å². The van der Waals surface area contributed by atoms with Gasteiger partial charge in [0, 0.05) is 6.20 Å². The molecule has 0 bridgehead atoms. The van der Waals surface area contributed by atoms with Gasteiger partial charge in [0.15, 0.2) is 5.79 Å². The Hall–Kier alpha value is -0.970. The van der Waals surface area contributed by atoms with Gasteiger partial charge in [0.2, 0.25) is 0 Å². The lowest BCUT2D eigenvalue weighted by molar-refractivity contribution is -0.176. The molecule has 0 rings (SSSR count). The van der Waals surface area contributed by atoms with E-state index in [9.17, 15) is 5.11 Å². The highest BCUT2D eigenvalue weighted by molar-refractivity contribution is 5.26. The van der Waals surface area contributed by atoms with Gasteiger partial charge in [-0.15, -0.1) is 0 Å². The Morgan fingerprint density at radius 3 is 2.67 bits per heavy atom. The van der Waals surface area contributed by atoms with Crippen molar-refractivity contribution in [2.45, 2.75) is 38.9 Å². The summed E-state index contributed by atoms with van der Waals surface area (Å²) in [5.74, 6) is -1.02. The lowest BCUT2D eigenvalue weighted by Crippen LogP contribution is -2.25. The van der Waals surface area contributed by atoms with Gasteiger partial charge in [-0.1, -0.05) is 12.2 Å². The molecule has 2 N–H and O–H groups in total. The Morgan fingerprint density at radius 2 is 2.00 bits per heavy atom. The highest BCUT2D eigenvalue weighted by atomic mass is 16.6. The lowest BCUT2D eigenvalue weighted by Gasteiger charge is -2.17. The summed E-state index contributed by atoms with van der Waals surface area (Å²) in [5, 5.41) is 12.6. The molecule has 0 aromatic rings. The standard InChI is InChI=1S/C14H26N2O2/c1-14(2,17)18-13-9-12-16-11-8-6-4-5-7-10-15-3/h4-5,7,10,16-17H,3,6,8-9,11-13H2,1-2H3/b5-4-,10-7-. The van der Waals surface area contributed by atoms with E-state index in [-0.39, 0.29) is 0 Å². The van der Waals surface area contributed by atoms with Gasteiger partial charge in [-0.25, -0.2) is 0 Å². The van der Waals surface area contributed by atoms with Crippen LogP contribution in [0.25, 0.3) is 0 Å². The second kappa shape index (κ2) is 11.1. The van der Waals surface area contributed by atoms with Crippen molar-refractivity contribution in [3.8, 4) is 0 Å². The zero-order valence-corrected chi connectivity index (χ0v) is 11.6. The van der Waals surface area contributed by atoms with E-state index in [2.05, 4.69) is 23.1 Å². The molecule has 18 heavy (non-hydrogen) atoms. The second-order valence-electron chi connectivity index (χ2n) is 4.49. The summed E-state index contributed by atoms with van der Waals surface area (Å²) in [6, 6.07) is 0. The fraction of sp³-hybridized carbons (Fsp3) is 0.643. The number of ether oxygens (including phenoxy) is 1. The molecule has 0 radical (unpaired) electrons. The maximum absolute atomic E-state index is 9.31. The number of nitrogens with one attached hydrogen (secondary N) is 1. The minimum absolute atomic E-state index is 0.579. The van der Waals surface area contributed by atoms with E-state index >= 15 is 0 Å². The van der Waals surface area contributed by atoms with Crippen LogP contribution in [0.3, 0.4) is 0 Å². The summed E-state index contributed by atoms with van der Waals surface area (Å²) in [5.41, 5.74) is 0. The molecule has 0 spiro atoms. The molecular weight excluding hydrogens is 228 g/mol. The summed E-state index contributed by atoms with van der Waals surface area (Å²) in [6.07, 6.45) is 10.7. The molecule has 0 aromatic carbocycles. The second-order valence-corrected chi connectivity index (χ2v) is 4.49. The first-order valence-corrected chi connectivity index (χ1v) is 6.41. The molecule has 4 heteroatoms. The Kier molecular flexibility index (Phi) is 10.5. The summed E-state index contributed by atoms with van der Waals surface area (Å²) in [7, 11) is 0. The molecular formula is C14H26N2O2. The summed E-state index contributed by atoms with van der Waals surface area (Å²) in [6.45, 7) is 9.13. The number of hydrogen-bond donors (Lipinski definition) is 2. The summed E-state index contributed by atoms with van der Waals surface area (Å²) in [4.78, 5) is 3.60. The normalized spacial score (nSPS) is 12.6. The van der Waals surface area contributed by atoms with Gasteiger partial charge in [0.25, 0.3) is 0 Å². The third kappa shape index (κ3) is 15.0. The van der Waals surface area contributed by atoms with Crippen LogP contribution in [0.5, 0.6) is 0 Å². The number of unbranched alkanes of at least 4 members (excludes halogenated alkanes) is 1. The van der Waals surface area contributed by atoms with E-state index in [1.54, 1.807) is 20.0 Å². The predicted molar refractivity (Wildman–Crippen MR) is 76.8 cm³/mol. The highest BCUT2D eigenvalue weighted by Crippen LogP contribution is 2.02. The van der Waals surface area contributed by atoms with Crippen LogP contribution in [0.2, 0.25) is 0 Å². The molecule has 0 aromatic heterocycles. The maximum atomic E-state index is 9.31. The number of hydrogen-bond acceptors (Lipinski definition) is 4. The monoisotopic (exact) mass is 254 g/mol. The fourth-order valence-electron chi connectivity index (χ4n) is 1.27. The topological polar surface area (TPSA) is 53.9 Å². The molecule has 0 aliphatic heterocycles. The average molecular weight is 254 g/mol. The zero-order chi connectivity index (χ0) is 13.7. The van der Waals surface area contributed by atoms with Crippen LogP contribution >= 0.6 is 0 Å². The molecule has 0 fully saturated rings. The molecule has 104 valence electrons. The Balaban J connectivity index is 3.19. The molecule has 0 saturated heterocycles. The highest BCUT2D eigenvalue weighted by Gasteiger charge is 2.10. The van der Waals surface area contributed by atoms with Crippen LogP contribution in [0.1, 0.15) is 33.1 Å². The first kappa shape index (κ1) is 17.0. The minimum atomic E-state index is -1.02.